The standard InChI is InChI=1S/C12H24N2O/c1-10-4-3-5-11(2)14(10)8-12(13)6-7-15-9-12/h10-11H,3-9,13H2,1-2H3. The van der Waals surface area contributed by atoms with E-state index >= 15 is 0 Å². The number of hydrogen-bond acceptors (Lipinski definition) is 3. The molecule has 0 bridgehead atoms. The van der Waals surface area contributed by atoms with Crippen LogP contribution in [0.5, 0.6) is 0 Å². The minimum Gasteiger partial charge on any atom is -0.379 e. The monoisotopic (exact) mass is 212 g/mol. The molecular weight excluding hydrogens is 188 g/mol. The third-order valence-corrected chi connectivity index (χ3v) is 4.01. The van der Waals surface area contributed by atoms with E-state index in [9.17, 15) is 0 Å². The van der Waals surface area contributed by atoms with Crippen LogP contribution in [0.15, 0.2) is 0 Å². The molecule has 3 unspecified atom stereocenters. The molecule has 2 aliphatic rings. The summed E-state index contributed by atoms with van der Waals surface area (Å²) in [5.41, 5.74) is 6.26. The van der Waals surface area contributed by atoms with Gasteiger partial charge >= 0.3 is 0 Å². The van der Waals surface area contributed by atoms with Gasteiger partial charge in [0.05, 0.1) is 12.1 Å². The van der Waals surface area contributed by atoms with Gasteiger partial charge in [-0.2, -0.15) is 0 Å². The first-order valence-corrected chi connectivity index (χ1v) is 6.23. The smallest absolute Gasteiger partial charge is 0.0659 e. The molecule has 0 amide bonds. The predicted octanol–water partition coefficient (Wildman–Crippen LogP) is 1.37. The maximum Gasteiger partial charge on any atom is 0.0659 e. The summed E-state index contributed by atoms with van der Waals surface area (Å²) in [6, 6.07) is 1.38. The Bertz CT molecular complexity index is 204. The Labute approximate surface area is 93.0 Å². The van der Waals surface area contributed by atoms with Crippen molar-refractivity contribution in [3.05, 3.63) is 0 Å². The number of rotatable bonds is 2. The Balaban J connectivity index is 1.96. The van der Waals surface area contributed by atoms with Gasteiger partial charge in [0, 0.05) is 25.2 Å². The molecule has 2 fully saturated rings. The predicted molar refractivity (Wildman–Crippen MR) is 61.8 cm³/mol. The van der Waals surface area contributed by atoms with Crippen molar-refractivity contribution in [3.8, 4) is 0 Å². The second-order valence-electron chi connectivity index (χ2n) is 5.47. The lowest BCUT2D eigenvalue weighted by atomic mass is 9.92. The van der Waals surface area contributed by atoms with Gasteiger partial charge in [-0.1, -0.05) is 6.42 Å². The maximum absolute atomic E-state index is 6.35. The van der Waals surface area contributed by atoms with Gasteiger partial charge in [0.15, 0.2) is 0 Å². The second-order valence-corrected chi connectivity index (χ2v) is 5.47. The highest BCUT2D eigenvalue weighted by molar-refractivity contribution is 4.94. The molecular formula is C12H24N2O. The molecule has 2 heterocycles. The van der Waals surface area contributed by atoms with E-state index in [0.29, 0.717) is 12.1 Å². The minimum absolute atomic E-state index is 0.0835. The highest BCUT2D eigenvalue weighted by Gasteiger charge is 2.36. The van der Waals surface area contributed by atoms with Gasteiger partial charge in [0.25, 0.3) is 0 Å². The van der Waals surface area contributed by atoms with Crippen molar-refractivity contribution < 1.29 is 4.74 Å². The van der Waals surface area contributed by atoms with E-state index in [1.807, 2.05) is 0 Å². The van der Waals surface area contributed by atoms with Crippen LogP contribution in [0.3, 0.4) is 0 Å². The molecule has 2 saturated heterocycles. The van der Waals surface area contributed by atoms with Crippen molar-refractivity contribution in [2.24, 2.45) is 5.73 Å². The van der Waals surface area contributed by atoms with Crippen LogP contribution < -0.4 is 5.73 Å². The average molecular weight is 212 g/mol. The van der Waals surface area contributed by atoms with E-state index in [0.717, 1.165) is 26.2 Å². The molecule has 15 heavy (non-hydrogen) atoms. The highest BCUT2D eigenvalue weighted by Crippen LogP contribution is 2.26. The van der Waals surface area contributed by atoms with Crippen molar-refractivity contribution in [1.29, 1.82) is 0 Å². The molecule has 0 aliphatic carbocycles. The number of nitrogens with two attached hydrogens (primary N) is 1. The first kappa shape index (κ1) is 11.4. The zero-order valence-corrected chi connectivity index (χ0v) is 10.0. The molecule has 0 saturated carbocycles. The van der Waals surface area contributed by atoms with Gasteiger partial charge in [-0.15, -0.1) is 0 Å². The van der Waals surface area contributed by atoms with Crippen LogP contribution in [0.25, 0.3) is 0 Å². The van der Waals surface area contributed by atoms with Crippen LogP contribution in [0.4, 0.5) is 0 Å². The summed E-state index contributed by atoms with van der Waals surface area (Å²) in [6.45, 7) is 7.25. The van der Waals surface area contributed by atoms with E-state index in [2.05, 4.69) is 18.7 Å². The summed E-state index contributed by atoms with van der Waals surface area (Å²) < 4.78 is 5.42. The number of likely N-dealkylation sites (tertiary alicyclic amines) is 1. The van der Waals surface area contributed by atoms with Crippen molar-refractivity contribution in [3.63, 3.8) is 0 Å². The van der Waals surface area contributed by atoms with Gasteiger partial charge < -0.3 is 10.5 Å². The van der Waals surface area contributed by atoms with Gasteiger partial charge in [-0.25, -0.2) is 0 Å². The van der Waals surface area contributed by atoms with Crippen LogP contribution >= 0.6 is 0 Å². The number of hydrogen-bond donors (Lipinski definition) is 1. The van der Waals surface area contributed by atoms with E-state index < -0.39 is 0 Å². The molecule has 2 aliphatic heterocycles. The Morgan fingerprint density at radius 1 is 1.33 bits per heavy atom. The van der Waals surface area contributed by atoms with Crippen LogP contribution in [0.2, 0.25) is 0 Å². The van der Waals surface area contributed by atoms with Crippen LogP contribution in [-0.4, -0.2) is 42.3 Å². The Hall–Kier alpha value is -0.120. The van der Waals surface area contributed by atoms with E-state index in [1.54, 1.807) is 0 Å². The molecule has 0 radical (unpaired) electrons. The molecule has 3 heteroatoms. The van der Waals surface area contributed by atoms with Crippen LogP contribution in [0, 0.1) is 0 Å². The van der Waals surface area contributed by atoms with Crippen LogP contribution in [-0.2, 0) is 4.74 Å². The van der Waals surface area contributed by atoms with Crippen molar-refractivity contribution in [2.75, 3.05) is 19.8 Å². The first-order valence-electron chi connectivity index (χ1n) is 6.23. The average Bonchev–Trinajstić information content (AvgIpc) is 2.60. The van der Waals surface area contributed by atoms with Gasteiger partial charge in [0.2, 0.25) is 0 Å². The summed E-state index contributed by atoms with van der Waals surface area (Å²) >= 11 is 0. The zero-order chi connectivity index (χ0) is 10.9. The fourth-order valence-corrected chi connectivity index (χ4v) is 2.90. The van der Waals surface area contributed by atoms with Gasteiger partial charge in [0.1, 0.15) is 0 Å². The molecule has 3 atom stereocenters. The van der Waals surface area contributed by atoms with Crippen LogP contribution in [0.1, 0.15) is 39.5 Å². The Kier molecular flexibility index (Phi) is 3.33. The maximum atomic E-state index is 6.35. The molecule has 0 aromatic heterocycles. The normalized spacial score (nSPS) is 43.4. The highest BCUT2D eigenvalue weighted by atomic mass is 16.5. The lowest BCUT2D eigenvalue weighted by Crippen LogP contribution is -2.56. The molecule has 3 nitrogen and oxygen atoms in total. The fourth-order valence-electron chi connectivity index (χ4n) is 2.90. The summed E-state index contributed by atoms with van der Waals surface area (Å²) in [7, 11) is 0. The summed E-state index contributed by atoms with van der Waals surface area (Å²) in [4.78, 5) is 2.58. The van der Waals surface area contributed by atoms with E-state index in [1.165, 1.54) is 19.3 Å². The second kappa shape index (κ2) is 4.40. The minimum atomic E-state index is -0.0835. The van der Waals surface area contributed by atoms with E-state index in [-0.39, 0.29) is 5.54 Å². The first-order chi connectivity index (χ1) is 7.11. The van der Waals surface area contributed by atoms with Crippen molar-refractivity contribution in [2.45, 2.75) is 57.2 Å². The quantitative estimate of drug-likeness (QED) is 0.751. The largest absolute Gasteiger partial charge is 0.379 e. The van der Waals surface area contributed by atoms with Crippen molar-refractivity contribution in [1.82, 2.24) is 4.90 Å². The summed E-state index contributed by atoms with van der Waals surface area (Å²) in [6.07, 6.45) is 5.03. The van der Waals surface area contributed by atoms with Gasteiger partial charge in [-0.05, 0) is 33.1 Å². The number of ether oxygens (including phenoxy) is 1. The number of piperidine rings is 1. The molecule has 0 aromatic rings. The zero-order valence-electron chi connectivity index (χ0n) is 10.0. The fraction of sp³-hybridized carbons (Fsp3) is 1.00. The number of nitrogens with zero attached hydrogens (tertiary/aromatic N) is 1. The topological polar surface area (TPSA) is 38.5 Å². The third-order valence-electron chi connectivity index (χ3n) is 4.01. The lowest BCUT2D eigenvalue weighted by molar-refractivity contribution is 0.0692. The lowest BCUT2D eigenvalue weighted by Gasteiger charge is -2.42. The Morgan fingerprint density at radius 2 is 2.00 bits per heavy atom. The molecule has 0 spiro atoms. The summed E-state index contributed by atoms with van der Waals surface area (Å²) in [5, 5.41) is 0. The molecule has 2 rings (SSSR count). The Morgan fingerprint density at radius 3 is 2.53 bits per heavy atom. The molecule has 2 N–H and O–H groups in total. The van der Waals surface area contributed by atoms with Crippen molar-refractivity contribution >= 4 is 0 Å². The molecule has 0 aromatic carbocycles. The third kappa shape index (κ3) is 2.52. The van der Waals surface area contributed by atoms with Gasteiger partial charge in [-0.3, -0.25) is 4.90 Å². The van der Waals surface area contributed by atoms with E-state index in [4.69, 9.17) is 10.5 Å². The summed E-state index contributed by atoms with van der Waals surface area (Å²) in [5.74, 6) is 0. The SMILES string of the molecule is CC1CCCC(C)N1CC1(N)CCOC1. The molecule has 88 valence electrons.